The summed E-state index contributed by atoms with van der Waals surface area (Å²) in [5, 5.41) is 23.8. The maximum absolute atomic E-state index is 14.0. The van der Waals surface area contributed by atoms with Crippen LogP contribution in [0.1, 0.15) is 38.7 Å². The van der Waals surface area contributed by atoms with Gasteiger partial charge in [0.1, 0.15) is 17.6 Å². The van der Waals surface area contributed by atoms with Gasteiger partial charge in [-0.15, -0.1) is 0 Å². The van der Waals surface area contributed by atoms with E-state index in [-0.39, 0.29) is 29.6 Å². The van der Waals surface area contributed by atoms with Gasteiger partial charge in [0.15, 0.2) is 5.78 Å². The highest BCUT2D eigenvalue weighted by atomic mass is 16.6. The number of ether oxygens (including phenoxy) is 2. The van der Waals surface area contributed by atoms with E-state index in [2.05, 4.69) is 32.6 Å². The van der Waals surface area contributed by atoms with E-state index in [0.29, 0.717) is 18.4 Å². The normalized spacial score (nSPS) is 44.9. The predicted octanol–water partition coefficient (Wildman–Crippen LogP) is 3.45. The molecule has 8 atom stereocenters. The zero-order chi connectivity index (χ0) is 24.8. The number of carbonyl (C=O) groups excluding carboxylic acids is 2. The van der Waals surface area contributed by atoms with E-state index in [9.17, 15) is 19.8 Å². The van der Waals surface area contributed by atoms with Crippen molar-refractivity contribution in [3.63, 3.8) is 0 Å². The number of rotatable bonds is 3. The second-order valence-electron chi connectivity index (χ2n) is 11.7. The summed E-state index contributed by atoms with van der Waals surface area (Å²) in [7, 11) is 0. The molecule has 6 aliphatic rings. The standard InChI is InChI=1S/C29H32O6/c1-17-19-11-12-20-27-15-7-14-26(2,3)22(27)24(32)29(33,34-16-27)28(20,23(17)31)25(19)35-21(30)13-10-18-8-5-4-6-9-18/h4-10,13,15,19-20,22,24-25,32-33H,1,11-12,14,16H2,2-3H3/b13-10+/t19-,20-,22+,24-,25+,27+,28-,29-/m0/s1. The van der Waals surface area contributed by atoms with Crippen LogP contribution in [0.3, 0.4) is 0 Å². The van der Waals surface area contributed by atoms with Crippen molar-refractivity contribution in [2.75, 3.05) is 6.61 Å². The van der Waals surface area contributed by atoms with Crippen LogP contribution in [0.4, 0.5) is 0 Å². The van der Waals surface area contributed by atoms with E-state index in [1.165, 1.54) is 6.08 Å². The summed E-state index contributed by atoms with van der Waals surface area (Å²) in [6.07, 6.45) is 7.01. The van der Waals surface area contributed by atoms with Crippen molar-refractivity contribution < 1.29 is 29.3 Å². The van der Waals surface area contributed by atoms with E-state index < -0.39 is 40.7 Å². The van der Waals surface area contributed by atoms with Gasteiger partial charge in [-0.1, -0.05) is 62.9 Å². The maximum Gasteiger partial charge on any atom is 0.331 e. The smallest absolute Gasteiger partial charge is 0.331 e. The van der Waals surface area contributed by atoms with Crippen LogP contribution < -0.4 is 0 Å². The highest BCUT2D eigenvalue weighted by molar-refractivity contribution is 6.05. The quantitative estimate of drug-likeness (QED) is 0.394. The number of aliphatic hydroxyl groups excluding tert-OH is 1. The maximum atomic E-state index is 14.0. The van der Waals surface area contributed by atoms with Crippen molar-refractivity contribution in [1.82, 2.24) is 0 Å². The van der Waals surface area contributed by atoms with Gasteiger partial charge in [0, 0.05) is 23.3 Å². The van der Waals surface area contributed by atoms with Gasteiger partial charge in [0.05, 0.1) is 6.61 Å². The zero-order valence-electron chi connectivity index (χ0n) is 20.1. The molecule has 5 fully saturated rings. The Balaban J connectivity index is 1.45. The number of hydrogen-bond acceptors (Lipinski definition) is 6. The Labute approximate surface area is 205 Å². The van der Waals surface area contributed by atoms with Crippen LogP contribution in [-0.2, 0) is 19.1 Å². The molecule has 1 aromatic rings. The number of esters is 1. The van der Waals surface area contributed by atoms with Crippen LogP contribution in [0.25, 0.3) is 6.08 Å². The number of hydrogen-bond donors (Lipinski definition) is 2. The molecule has 184 valence electrons. The molecule has 6 nitrogen and oxygen atoms in total. The lowest BCUT2D eigenvalue weighted by Crippen LogP contribution is -2.83. The fourth-order valence-corrected chi connectivity index (χ4v) is 8.44. The third kappa shape index (κ3) is 2.65. The molecule has 2 aliphatic heterocycles. The summed E-state index contributed by atoms with van der Waals surface area (Å²) >= 11 is 0. The van der Waals surface area contributed by atoms with Crippen molar-refractivity contribution in [2.24, 2.45) is 34.0 Å². The Morgan fingerprint density at radius 3 is 2.71 bits per heavy atom. The molecule has 7 rings (SSSR count). The van der Waals surface area contributed by atoms with E-state index in [1.54, 1.807) is 6.08 Å². The van der Waals surface area contributed by atoms with Crippen molar-refractivity contribution >= 4 is 17.8 Å². The third-order valence-corrected chi connectivity index (χ3v) is 9.69. The first-order valence-corrected chi connectivity index (χ1v) is 12.5. The second-order valence-corrected chi connectivity index (χ2v) is 11.7. The summed E-state index contributed by atoms with van der Waals surface area (Å²) in [5.41, 5.74) is -1.33. The molecule has 4 bridgehead atoms. The van der Waals surface area contributed by atoms with E-state index in [0.717, 1.165) is 12.0 Å². The van der Waals surface area contributed by atoms with Crippen LogP contribution in [0.5, 0.6) is 0 Å². The van der Waals surface area contributed by atoms with Gasteiger partial charge in [-0.05, 0) is 47.8 Å². The average molecular weight is 477 g/mol. The molecule has 2 spiro atoms. The Hall–Kier alpha value is -2.54. The summed E-state index contributed by atoms with van der Waals surface area (Å²) in [5.74, 6) is -4.14. The fourth-order valence-electron chi connectivity index (χ4n) is 8.44. The molecule has 0 aromatic heterocycles. The van der Waals surface area contributed by atoms with Gasteiger partial charge in [-0.25, -0.2) is 4.79 Å². The molecule has 0 radical (unpaired) electrons. The minimum absolute atomic E-state index is 0.219. The molecular formula is C29H32O6. The van der Waals surface area contributed by atoms with Crippen LogP contribution >= 0.6 is 0 Å². The fraction of sp³-hybridized carbons (Fsp3) is 0.517. The Morgan fingerprint density at radius 1 is 1.23 bits per heavy atom. The monoisotopic (exact) mass is 476 g/mol. The lowest BCUT2D eigenvalue weighted by molar-refractivity contribution is -0.436. The number of fused-ring (bicyclic) bond motifs is 2. The molecule has 0 amide bonds. The van der Waals surface area contributed by atoms with Crippen LogP contribution in [0, 0.1) is 34.0 Å². The molecule has 2 N–H and O–H groups in total. The van der Waals surface area contributed by atoms with Crippen LogP contribution in [0.15, 0.2) is 60.7 Å². The van der Waals surface area contributed by atoms with Crippen LogP contribution in [-0.4, -0.2) is 46.6 Å². The summed E-state index contributed by atoms with van der Waals surface area (Å²) in [6.45, 7) is 8.46. The Kier molecular flexibility index (Phi) is 4.74. The van der Waals surface area contributed by atoms with Gasteiger partial charge < -0.3 is 19.7 Å². The van der Waals surface area contributed by atoms with E-state index in [4.69, 9.17) is 9.47 Å². The van der Waals surface area contributed by atoms with Gasteiger partial charge in [0.2, 0.25) is 5.79 Å². The van der Waals surface area contributed by atoms with Crippen LogP contribution in [0.2, 0.25) is 0 Å². The van der Waals surface area contributed by atoms with Gasteiger partial charge in [0.25, 0.3) is 0 Å². The number of aliphatic hydroxyl groups is 2. The minimum Gasteiger partial charge on any atom is -0.457 e. The zero-order valence-corrected chi connectivity index (χ0v) is 20.1. The number of Topliss-reactive ketones (excluding diaryl/α,β-unsaturated/α-hetero) is 1. The predicted molar refractivity (Wildman–Crippen MR) is 129 cm³/mol. The molecule has 1 aromatic carbocycles. The van der Waals surface area contributed by atoms with E-state index >= 15 is 0 Å². The molecule has 3 saturated carbocycles. The first-order valence-electron chi connectivity index (χ1n) is 12.5. The third-order valence-electron chi connectivity index (χ3n) is 9.69. The summed E-state index contributed by atoms with van der Waals surface area (Å²) in [6, 6.07) is 9.39. The van der Waals surface area contributed by atoms with Crippen molar-refractivity contribution in [3.8, 4) is 0 Å². The summed E-state index contributed by atoms with van der Waals surface area (Å²) < 4.78 is 12.1. The first-order chi connectivity index (χ1) is 16.6. The van der Waals surface area contributed by atoms with Crippen molar-refractivity contribution in [1.29, 1.82) is 0 Å². The average Bonchev–Trinajstić information content (AvgIpc) is 2.94. The topological polar surface area (TPSA) is 93.1 Å². The Bertz CT molecular complexity index is 1170. The molecule has 4 aliphatic carbocycles. The van der Waals surface area contributed by atoms with Gasteiger partial charge in [-0.2, -0.15) is 0 Å². The molecule has 6 heteroatoms. The molecule has 2 saturated heterocycles. The molecule has 2 heterocycles. The minimum atomic E-state index is -2.16. The molecular weight excluding hydrogens is 444 g/mol. The SMILES string of the molecule is C=C1C(=O)[C@]23[C@H](OC(=O)/C=C/c4ccccc4)[C@H]1CC[C@H]2[C@]12C=CCC(C)(C)[C@H]1[C@H](O)[C@]3(O)OC2. The number of carbonyl (C=O) groups is 2. The molecule has 35 heavy (non-hydrogen) atoms. The highest BCUT2D eigenvalue weighted by Gasteiger charge is 2.86. The highest BCUT2D eigenvalue weighted by Crippen LogP contribution is 2.75. The van der Waals surface area contributed by atoms with Crippen molar-refractivity contribution in [2.45, 2.75) is 51.1 Å². The lowest BCUT2D eigenvalue weighted by Gasteiger charge is -2.72. The number of benzene rings is 1. The largest absolute Gasteiger partial charge is 0.457 e. The second kappa shape index (κ2) is 7.25. The number of allylic oxidation sites excluding steroid dienone is 1. The van der Waals surface area contributed by atoms with Gasteiger partial charge >= 0.3 is 5.97 Å². The van der Waals surface area contributed by atoms with E-state index in [1.807, 2.05) is 30.3 Å². The summed E-state index contributed by atoms with van der Waals surface area (Å²) in [4.78, 5) is 27.0. The molecule has 0 unspecified atom stereocenters. The first kappa shape index (κ1) is 22.9. The Morgan fingerprint density at radius 2 is 1.97 bits per heavy atom. The van der Waals surface area contributed by atoms with Gasteiger partial charge in [-0.3, -0.25) is 4.79 Å². The lowest BCUT2D eigenvalue weighted by atomic mass is 9.37. The number of ketones is 1. The van der Waals surface area contributed by atoms with Crippen molar-refractivity contribution in [3.05, 3.63) is 66.3 Å².